The molecule has 88 valence electrons. The summed E-state index contributed by atoms with van der Waals surface area (Å²) in [5.41, 5.74) is 2.55. The average molecular weight is 312 g/mol. The number of aromatic nitrogens is 2. The maximum absolute atomic E-state index is 11.9. The van der Waals surface area contributed by atoms with Crippen LogP contribution in [0.2, 0.25) is 0 Å². The van der Waals surface area contributed by atoms with Crippen LogP contribution in [0.15, 0.2) is 24.3 Å². The summed E-state index contributed by atoms with van der Waals surface area (Å²) in [5, 5.41) is 7.41. The van der Waals surface area contributed by atoms with Crippen LogP contribution in [0, 0.1) is 6.92 Å². The third kappa shape index (κ3) is 2.89. The summed E-state index contributed by atoms with van der Waals surface area (Å²) in [6, 6.07) is 7.68. The molecule has 0 saturated heterocycles. The molecule has 1 amide bonds. The van der Waals surface area contributed by atoms with Crippen LogP contribution in [-0.2, 0) is 5.33 Å². The Hall–Kier alpha value is -1.27. The molecule has 17 heavy (non-hydrogen) atoms. The number of aryl methyl sites for hydroxylation is 1. The Kier molecular flexibility index (Phi) is 3.86. The fourth-order valence-corrected chi connectivity index (χ4v) is 2.26. The van der Waals surface area contributed by atoms with Crippen molar-refractivity contribution in [2.24, 2.45) is 0 Å². The van der Waals surface area contributed by atoms with Crippen LogP contribution < -0.4 is 5.32 Å². The number of nitrogens with one attached hydrogen (secondary N) is 1. The fraction of sp³-hybridized carbons (Fsp3) is 0.182. The minimum atomic E-state index is -0.163. The molecule has 1 heterocycles. The molecule has 0 unspecified atom stereocenters. The summed E-state index contributed by atoms with van der Waals surface area (Å²) in [6.45, 7) is 1.77. The van der Waals surface area contributed by atoms with Crippen molar-refractivity contribution < 1.29 is 4.79 Å². The van der Waals surface area contributed by atoms with Gasteiger partial charge in [-0.05, 0) is 36.2 Å². The Morgan fingerprint density at radius 1 is 1.53 bits per heavy atom. The number of benzene rings is 1. The van der Waals surface area contributed by atoms with Gasteiger partial charge < -0.3 is 5.32 Å². The smallest absolute Gasteiger partial charge is 0.269 e. The highest BCUT2D eigenvalue weighted by molar-refractivity contribution is 9.08. The predicted octanol–water partition coefficient (Wildman–Crippen LogP) is 2.99. The lowest BCUT2D eigenvalue weighted by molar-refractivity contribution is 0.103. The van der Waals surface area contributed by atoms with E-state index < -0.39 is 0 Å². The molecule has 0 atom stereocenters. The standard InChI is InChI=1S/C11H10BrN3OS/c1-7-10(17-15-14-7)11(16)13-9-4-2-3-8(5-9)6-12/h2-5H,6H2,1H3,(H,13,16). The van der Waals surface area contributed by atoms with Gasteiger partial charge >= 0.3 is 0 Å². The Morgan fingerprint density at radius 3 is 3.00 bits per heavy atom. The molecule has 0 saturated carbocycles. The van der Waals surface area contributed by atoms with Crippen LogP contribution in [0.4, 0.5) is 5.69 Å². The van der Waals surface area contributed by atoms with Gasteiger partial charge in [-0.15, -0.1) is 5.10 Å². The van der Waals surface area contributed by atoms with Gasteiger partial charge in [-0.1, -0.05) is 32.6 Å². The van der Waals surface area contributed by atoms with Gasteiger partial charge in [0.2, 0.25) is 0 Å². The van der Waals surface area contributed by atoms with Gasteiger partial charge in [0.1, 0.15) is 4.88 Å². The van der Waals surface area contributed by atoms with Crippen LogP contribution in [0.1, 0.15) is 20.9 Å². The van der Waals surface area contributed by atoms with Gasteiger partial charge in [0.25, 0.3) is 5.91 Å². The minimum absolute atomic E-state index is 0.163. The van der Waals surface area contributed by atoms with Crippen molar-refractivity contribution in [1.29, 1.82) is 0 Å². The zero-order chi connectivity index (χ0) is 12.3. The van der Waals surface area contributed by atoms with E-state index in [1.165, 1.54) is 0 Å². The van der Waals surface area contributed by atoms with Crippen molar-refractivity contribution in [2.75, 3.05) is 5.32 Å². The van der Waals surface area contributed by atoms with Crippen molar-refractivity contribution >= 4 is 39.1 Å². The number of rotatable bonds is 3. The zero-order valence-corrected chi connectivity index (χ0v) is 11.5. The van der Waals surface area contributed by atoms with E-state index in [0.29, 0.717) is 10.6 Å². The van der Waals surface area contributed by atoms with Crippen molar-refractivity contribution in [3.05, 3.63) is 40.4 Å². The summed E-state index contributed by atoms with van der Waals surface area (Å²) in [4.78, 5) is 12.5. The summed E-state index contributed by atoms with van der Waals surface area (Å²) >= 11 is 4.48. The number of nitrogens with zero attached hydrogens (tertiary/aromatic N) is 2. The fourth-order valence-electron chi connectivity index (χ4n) is 1.36. The Labute approximate surface area is 111 Å². The van der Waals surface area contributed by atoms with Gasteiger partial charge in [-0.2, -0.15) is 0 Å². The monoisotopic (exact) mass is 311 g/mol. The number of amides is 1. The van der Waals surface area contributed by atoms with E-state index in [2.05, 4.69) is 30.8 Å². The molecule has 0 aliphatic heterocycles. The minimum Gasteiger partial charge on any atom is -0.321 e. The molecule has 0 bridgehead atoms. The first-order chi connectivity index (χ1) is 8.20. The molecular formula is C11H10BrN3OS. The Bertz CT molecular complexity index is 541. The largest absolute Gasteiger partial charge is 0.321 e. The lowest BCUT2D eigenvalue weighted by atomic mass is 10.2. The molecule has 0 aliphatic carbocycles. The van der Waals surface area contributed by atoms with Crippen LogP contribution in [0.25, 0.3) is 0 Å². The molecule has 0 spiro atoms. The Balaban J connectivity index is 2.16. The third-order valence-corrected chi connectivity index (χ3v) is 3.67. The predicted molar refractivity (Wildman–Crippen MR) is 71.7 cm³/mol. The number of carbonyl (C=O) groups excluding carboxylic acids is 1. The molecule has 2 aromatic rings. The topological polar surface area (TPSA) is 54.9 Å². The lowest BCUT2D eigenvalue weighted by Gasteiger charge is -2.04. The second-order valence-corrected chi connectivity index (χ2v) is 4.79. The van der Waals surface area contributed by atoms with Crippen molar-refractivity contribution in [3.63, 3.8) is 0 Å². The van der Waals surface area contributed by atoms with Crippen LogP contribution in [-0.4, -0.2) is 15.5 Å². The Morgan fingerprint density at radius 2 is 2.35 bits per heavy atom. The maximum Gasteiger partial charge on any atom is 0.269 e. The number of halogens is 1. The second-order valence-electron chi connectivity index (χ2n) is 3.48. The first-order valence-corrected chi connectivity index (χ1v) is 6.85. The molecule has 1 aromatic carbocycles. The molecule has 1 aromatic heterocycles. The first-order valence-electron chi connectivity index (χ1n) is 4.96. The van der Waals surface area contributed by atoms with E-state index in [1.807, 2.05) is 24.3 Å². The van der Waals surface area contributed by atoms with Gasteiger partial charge in [0, 0.05) is 11.0 Å². The lowest BCUT2D eigenvalue weighted by Crippen LogP contribution is -2.11. The van der Waals surface area contributed by atoms with Crippen molar-refractivity contribution in [2.45, 2.75) is 12.3 Å². The summed E-state index contributed by atoms with van der Waals surface area (Å²) in [7, 11) is 0. The van der Waals surface area contributed by atoms with Gasteiger partial charge in [-0.25, -0.2) is 0 Å². The highest BCUT2D eigenvalue weighted by Crippen LogP contribution is 2.16. The molecule has 4 nitrogen and oxygen atoms in total. The summed E-state index contributed by atoms with van der Waals surface area (Å²) in [6.07, 6.45) is 0. The van der Waals surface area contributed by atoms with Crippen molar-refractivity contribution in [1.82, 2.24) is 9.59 Å². The van der Waals surface area contributed by atoms with E-state index in [4.69, 9.17) is 0 Å². The van der Waals surface area contributed by atoms with Crippen molar-refractivity contribution in [3.8, 4) is 0 Å². The molecule has 6 heteroatoms. The summed E-state index contributed by atoms with van der Waals surface area (Å²) < 4.78 is 3.74. The average Bonchev–Trinajstić information content (AvgIpc) is 2.76. The molecule has 2 rings (SSSR count). The highest BCUT2D eigenvalue weighted by Gasteiger charge is 2.13. The van der Waals surface area contributed by atoms with Crippen LogP contribution in [0.5, 0.6) is 0 Å². The van der Waals surface area contributed by atoms with E-state index in [1.54, 1.807) is 6.92 Å². The van der Waals surface area contributed by atoms with Crippen LogP contribution >= 0.6 is 27.5 Å². The quantitative estimate of drug-likeness (QED) is 0.887. The zero-order valence-electron chi connectivity index (χ0n) is 9.11. The number of carbonyl (C=O) groups is 1. The normalized spacial score (nSPS) is 10.2. The number of anilines is 1. The highest BCUT2D eigenvalue weighted by atomic mass is 79.9. The SMILES string of the molecule is Cc1nnsc1C(=O)Nc1cccc(CBr)c1. The van der Waals surface area contributed by atoms with E-state index in [0.717, 1.165) is 28.1 Å². The maximum atomic E-state index is 11.9. The molecule has 1 N–H and O–H groups in total. The number of alkyl halides is 1. The molecular weight excluding hydrogens is 302 g/mol. The molecule has 0 fully saturated rings. The second kappa shape index (κ2) is 5.37. The molecule has 0 radical (unpaired) electrons. The number of hydrogen-bond acceptors (Lipinski definition) is 4. The number of hydrogen-bond donors (Lipinski definition) is 1. The van der Waals surface area contributed by atoms with E-state index in [-0.39, 0.29) is 5.91 Å². The summed E-state index contributed by atoms with van der Waals surface area (Å²) in [5.74, 6) is -0.163. The van der Waals surface area contributed by atoms with Gasteiger partial charge in [0.15, 0.2) is 0 Å². The van der Waals surface area contributed by atoms with E-state index in [9.17, 15) is 4.79 Å². The van der Waals surface area contributed by atoms with E-state index >= 15 is 0 Å². The van der Waals surface area contributed by atoms with Gasteiger partial charge in [0.05, 0.1) is 5.69 Å². The third-order valence-electron chi connectivity index (χ3n) is 2.20. The van der Waals surface area contributed by atoms with Gasteiger partial charge in [-0.3, -0.25) is 4.79 Å². The first kappa shape index (κ1) is 12.2. The molecule has 0 aliphatic rings. The van der Waals surface area contributed by atoms with Crippen LogP contribution in [0.3, 0.4) is 0 Å².